The van der Waals surface area contributed by atoms with Crippen molar-refractivity contribution < 1.29 is 33.4 Å². The van der Waals surface area contributed by atoms with Gasteiger partial charge in [-0.2, -0.15) is 0 Å². The van der Waals surface area contributed by atoms with Gasteiger partial charge in [-0.05, 0) is 84.4 Å². The molecule has 0 unspecified atom stereocenters. The van der Waals surface area contributed by atoms with Crippen molar-refractivity contribution in [3.8, 4) is 11.5 Å². The molecule has 1 fully saturated rings. The topological polar surface area (TPSA) is 118 Å². The largest absolute Gasteiger partial charge is 0.493 e. The summed E-state index contributed by atoms with van der Waals surface area (Å²) in [5, 5.41) is 12.4. The van der Waals surface area contributed by atoms with Gasteiger partial charge in [0.1, 0.15) is 5.82 Å². The van der Waals surface area contributed by atoms with Crippen LogP contribution in [0.5, 0.6) is 11.5 Å². The molecule has 1 saturated heterocycles. The summed E-state index contributed by atoms with van der Waals surface area (Å²) in [5.74, 6) is -1.46. The standard InChI is InChI=1S/C28H24FN3O6S/c1-16-20(27(35)36)5-4-6-21(16)31-28-32(2)26(34)24(39-28)14-17-7-12-22(23(13-17)37-3)38-15-25(33)30-19-10-8-18(29)9-11-19/h4-14H,15H2,1-3H3,(H,30,33)(H,35,36)/b24-14-,31-28?. The van der Waals surface area contributed by atoms with Crippen LogP contribution in [0.1, 0.15) is 21.5 Å². The zero-order chi connectivity index (χ0) is 28.1. The molecule has 0 atom stereocenters. The number of thioether (sulfide) groups is 1. The summed E-state index contributed by atoms with van der Waals surface area (Å²) in [6.45, 7) is 1.37. The molecular formula is C28H24FN3O6S. The molecule has 0 aliphatic carbocycles. The molecule has 200 valence electrons. The number of nitrogens with zero attached hydrogens (tertiary/aromatic N) is 2. The Kier molecular flexibility index (Phi) is 8.30. The zero-order valence-corrected chi connectivity index (χ0v) is 22.0. The fraction of sp³-hybridized carbons (Fsp3) is 0.143. The summed E-state index contributed by atoms with van der Waals surface area (Å²) in [7, 11) is 3.05. The van der Waals surface area contributed by atoms with Crippen molar-refractivity contribution >= 4 is 52.2 Å². The van der Waals surface area contributed by atoms with Crippen LogP contribution < -0.4 is 14.8 Å². The number of amidine groups is 1. The molecule has 9 nitrogen and oxygen atoms in total. The number of methoxy groups -OCH3 is 1. The Labute approximate surface area is 227 Å². The number of aliphatic imine (C=N–C) groups is 1. The number of rotatable bonds is 8. The van der Waals surface area contributed by atoms with Crippen LogP contribution in [0.3, 0.4) is 0 Å². The van der Waals surface area contributed by atoms with Gasteiger partial charge < -0.3 is 19.9 Å². The monoisotopic (exact) mass is 549 g/mol. The molecule has 0 aromatic heterocycles. The molecule has 1 aliphatic heterocycles. The minimum atomic E-state index is -1.05. The molecule has 1 aliphatic rings. The van der Waals surface area contributed by atoms with E-state index in [1.165, 1.54) is 42.3 Å². The summed E-state index contributed by atoms with van der Waals surface area (Å²) in [4.78, 5) is 42.9. The molecule has 2 N–H and O–H groups in total. The van der Waals surface area contributed by atoms with Crippen LogP contribution in [0.15, 0.2) is 70.6 Å². The van der Waals surface area contributed by atoms with Crippen molar-refractivity contribution in [1.82, 2.24) is 4.90 Å². The van der Waals surface area contributed by atoms with Crippen molar-refractivity contribution in [3.05, 3.63) is 88.1 Å². The van der Waals surface area contributed by atoms with E-state index in [0.29, 0.717) is 44.1 Å². The number of anilines is 1. The number of likely N-dealkylation sites (N-methyl/N-ethyl adjacent to an activating group) is 1. The summed E-state index contributed by atoms with van der Waals surface area (Å²) in [6, 6.07) is 15.2. The van der Waals surface area contributed by atoms with E-state index in [4.69, 9.17) is 9.47 Å². The molecule has 0 saturated carbocycles. The fourth-order valence-corrected chi connectivity index (χ4v) is 4.63. The first kappa shape index (κ1) is 27.4. The Bertz CT molecular complexity index is 1500. The van der Waals surface area contributed by atoms with Crippen LogP contribution in [-0.2, 0) is 9.59 Å². The molecule has 2 amide bonds. The number of hydrogen-bond donors (Lipinski definition) is 2. The van der Waals surface area contributed by atoms with E-state index in [1.54, 1.807) is 50.4 Å². The summed E-state index contributed by atoms with van der Waals surface area (Å²) < 4.78 is 24.0. The Hall–Kier alpha value is -4.64. The molecule has 3 aromatic carbocycles. The van der Waals surface area contributed by atoms with Crippen LogP contribution in [0.4, 0.5) is 15.8 Å². The molecule has 0 bridgehead atoms. The van der Waals surface area contributed by atoms with Crippen molar-refractivity contribution in [2.45, 2.75) is 6.92 Å². The number of carboxylic acid groups (broad SMARTS) is 1. The van der Waals surface area contributed by atoms with Crippen molar-refractivity contribution in [2.24, 2.45) is 4.99 Å². The predicted molar refractivity (Wildman–Crippen MR) is 147 cm³/mol. The Morgan fingerprint density at radius 3 is 2.56 bits per heavy atom. The highest BCUT2D eigenvalue weighted by molar-refractivity contribution is 8.18. The van der Waals surface area contributed by atoms with E-state index in [2.05, 4.69) is 10.3 Å². The van der Waals surface area contributed by atoms with E-state index >= 15 is 0 Å². The lowest BCUT2D eigenvalue weighted by Crippen LogP contribution is -2.23. The van der Waals surface area contributed by atoms with Gasteiger partial charge in [0.25, 0.3) is 11.8 Å². The van der Waals surface area contributed by atoms with Gasteiger partial charge in [0, 0.05) is 12.7 Å². The Morgan fingerprint density at radius 1 is 1.13 bits per heavy atom. The molecule has 11 heteroatoms. The number of hydrogen-bond acceptors (Lipinski definition) is 7. The van der Waals surface area contributed by atoms with E-state index in [9.17, 15) is 23.9 Å². The first-order valence-corrected chi connectivity index (χ1v) is 12.4. The summed E-state index contributed by atoms with van der Waals surface area (Å²) in [6.07, 6.45) is 1.68. The van der Waals surface area contributed by atoms with Crippen molar-refractivity contribution in [1.29, 1.82) is 0 Å². The minimum Gasteiger partial charge on any atom is -0.493 e. The van der Waals surface area contributed by atoms with Gasteiger partial charge >= 0.3 is 5.97 Å². The molecular weight excluding hydrogens is 525 g/mol. The maximum absolute atomic E-state index is 13.0. The zero-order valence-electron chi connectivity index (χ0n) is 21.2. The van der Waals surface area contributed by atoms with Gasteiger partial charge in [-0.3, -0.25) is 14.5 Å². The molecule has 4 rings (SSSR count). The van der Waals surface area contributed by atoms with Gasteiger partial charge in [0.15, 0.2) is 23.3 Å². The third-order valence-corrected chi connectivity index (χ3v) is 6.79. The first-order valence-electron chi connectivity index (χ1n) is 11.6. The van der Waals surface area contributed by atoms with E-state index in [-0.39, 0.29) is 18.1 Å². The number of carbonyl (C=O) groups excluding carboxylic acids is 2. The smallest absolute Gasteiger partial charge is 0.336 e. The number of ether oxygens (including phenoxy) is 2. The second kappa shape index (κ2) is 11.8. The van der Waals surface area contributed by atoms with Crippen molar-refractivity contribution in [2.75, 3.05) is 26.1 Å². The number of aromatic carboxylic acids is 1. The first-order chi connectivity index (χ1) is 18.7. The highest BCUT2D eigenvalue weighted by Crippen LogP contribution is 2.36. The van der Waals surface area contributed by atoms with Crippen LogP contribution in [0.25, 0.3) is 6.08 Å². The van der Waals surface area contributed by atoms with E-state index < -0.39 is 17.7 Å². The highest BCUT2D eigenvalue weighted by atomic mass is 32.2. The number of carbonyl (C=O) groups is 3. The normalized spacial score (nSPS) is 15.1. The third kappa shape index (κ3) is 6.44. The molecule has 1 heterocycles. The van der Waals surface area contributed by atoms with Gasteiger partial charge in [0.2, 0.25) is 0 Å². The maximum Gasteiger partial charge on any atom is 0.336 e. The van der Waals surface area contributed by atoms with Gasteiger partial charge in [-0.15, -0.1) is 0 Å². The molecule has 39 heavy (non-hydrogen) atoms. The third-order valence-electron chi connectivity index (χ3n) is 5.73. The molecule has 0 radical (unpaired) electrons. The van der Waals surface area contributed by atoms with E-state index in [0.717, 1.165) is 11.8 Å². The second-order valence-corrected chi connectivity index (χ2v) is 9.39. The second-order valence-electron chi connectivity index (χ2n) is 8.38. The predicted octanol–water partition coefficient (Wildman–Crippen LogP) is 5.09. The highest BCUT2D eigenvalue weighted by Gasteiger charge is 2.30. The quantitative estimate of drug-likeness (QED) is 0.376. The number of benzene rings is 3. The number of carboxylic acids is 1. The Morgan fingerprint density at radius 2 is 1.87 bits per heavy atom. The van der Waals surface area contributed by atoms with Crippen LogP contribution in [0, 0.1) is 12.7 Å². The van der Waals surface area contributed by atoms with Crippen LogP contribution in [-0.4, -0.2) is 53.7 Å². The van der Waals surface area contributed by atoms with Crippen molar-refractivity contribution in [3.63, 3.8) is 0 Å². The number of halogens is 1. The van der Waals surface area contributed by atoms with Gasteiger partial charge in [-0.1, -0.05) is 12.1 Å². The summed E-state index contributed by atoms with van der Waals surface area (Å²) in [5.41, 5.74) is 2.21. The fourth-order valence-electron chi connectivity index (χ4n) is 3.65. The minimum absolute atomic E-state index is 0.145. The molecule has 3 aromatic rings. The lowest BCUT2D eigenvalue weighted by Gasteiger charge is -2.12. The maximum atomic E-state index is 13.0. The average molecular weight is 550 g/mol. The van der Waals surface area contributed by atoms with E-state index in [1.807, 2.05) is 0 Å². The van der Waals surface area contributed by atoms with Crippen LogP contribution in [0.2, 0.25) is 0 Å². The van der Waals surface area contributed by atoms with Gasteiger partial charge in [-0.25, -0.2) is 14.2 Å². The lowest BCUT2D eigenvalue weighted by atomic mass is 10.1. The number of nitrogens with one attached hydrogen (secondary N) is 1. The van der Waals surface area contributed by atoms with Crippen LogP contribution >= 0.6 is 11.8 Å². The SMILES string of the molecule is COc1cc(/C=C2\SC(=Nc3cccc(C(=O)O)c3C)N(C)C2=O)ccc1OCC(=O)Nc1ccc(F)cc1. The number of amides is 2. The molecule has 0 spiro atoms. The lowest BCUT2D eigenvalue weighted by molar-refractivity contribution is -0.121. The average Bonchev–Trinajstić information content (AvgIpc) is 3.17. The summed E-state index contributed by atoms with van der Waals surface area (Å²) >= 11 is 1.16. The van der Waals surface area contributed by atoms with Gasteiger partial charge in [0.05, 0.1) is 23.3 Å². The Balaban J connectivity index is 1.48.